The van der Waals surface area contributed by atoms with Gasteiger partial charge in [0.1, 0.15) is 6.04 Å². The summed E-state index contributed by atoms with van der Waals surface area (Å²) in [5, 5.41) is 18.6. The smallest absolute Gasteiger partial charge is 0.326 e. The lowest BCUT2D eigenvalue weighted by molar-refractivity contribution is -0.141. The van der Waals surface area contributed by atoms with Gasteiger partial charge in [0.2, 0.25) is 0 Å². The monoisotopic (exact) mass is 290 g/mol. The third-order valence-electron chi connectivity index (χ3n) is 3.51. The summed E-state index contributed by atoms with van der Waals surface area (Å²) in [6.45, 7) is 2.03. The number of amides is 2. The zero-order valence-electron chi connectivity index (χ0n) is 11.6. The number of carbonyl (C=O) groups excluding carboxylic acids is 1. The number of rotatable bonds is 5. The quantitative estimate of drug-likeness (QED) is 0.779. The Balaban J connectivity index is 2.67. The van der Waals surface area contributed by atoms with Crippen molar-refractivity contribution in [2.45, 2.75) is 38.0 Å². The number of carboxylic acid groups (broad SMARTS) is 1. The average Bonchev–Trinajstić information content (AvgIpc) is 2.76. The third-order valence-corrected chi connectivity index (χ3v) is 4.16. The van der Waals surface area contributed by atoms with Gasteiger partial charge in [-0.3, -0.25) is 0 Å². The van der Waals surface area contributed by atoms with E-state index in [1.54, 1.807) is 23.7 Å². The number of β-amino-alcohol motifs (C(OH)–C–C–N with tert-alkyl or cyclic N) is 1. The normalized spacial score (nSPS) is 24.3. The third kappa shape index (κ3) is 4.01. The van der Waals surface area contributed by atoms with Crippen LogP contribution in [0.15, 0.2) is 0 Å². The predicted molar refractivity (Wildman–Crippen MR) is 74.4 cm³/mol. The highest BCUT2D eigenvalue weighted by atomic mass is 32.2. The summed E-state index contributed by atoms with van der Waals surface area (Å²) in [7, 11) is 1.68. The van der Waals surface area contributed by atoms with E-state index in [1.165, 1.54) is 4.90 Å². The summed E-state index contributed by atoms with van der Waals surface area (Å²) in [4.78, 5) is 26.2. The van der Waals surface area contributed by atoms with Crippen molar-refractivity contribution in [3.8, 4) is 0 Å². The Hall–Kier alpha value is -0.950. The minimum atomic E-state index is -1.06. The molecule has 110 valence electrons. The van der Waals surface area contributed by atoms with Crippen molar-refractivity contribution in [1.82, 2.24) is 9.80 Å². The number of carbonyl (C=O) groups is 2. The summed E-state index contributed by atoms with van der Waals surface area (Å²) >= 11 is 1.71. The van der Waals surface area contributed by atoms with Crippen molar-refractivity contribution in [2.24, 2.45) is 0 Å². The molecule has 0 bridgehead atoms. The predicted octanol–water partition coefficient (Wildman–Crippen LogP) is 0.700. The van der Waals surface area contributed by atoms with Gasteiger partial charge in [0.05, 0.1) is 6.10 Å². The van der Waals surface area contributed by atoms with Gasteiger partial charge < -0.3 is 20.0 Å². The van der Waals surface area contributed by atoms with Gasteiger partial charge in [-0.25, -0.2) is 9.59 Å². The molecule has 0 saturated carbocycles. The van der Waals surface area contributed by atoms with Gasteiger partial charge in [-0.05, 0) is 25.4 Å². The van der Waals surface area contributed by atoms with Gasteiger partial charge in [0, 0.05) is 26.1 Å². The first-order valence-electron chi connectivity index (χ1n) is 6.31. The van der Waals surface area contributed by atoms with Crippen molar-refractivity contribution in [1.29, 1.82) is 0 Å². The van der Waals surface area contributed by atoms with Gasteiger partial charge in [-0.1, -0.05) is 0 Å². The van der Waals surface area contributed by atoms with Crippen LogP contribution in [-0.2, 0) is 4.79 Å². The maximum atomic E-state index is 12.3. The first-order chi connectivity index (χ1) is 8.88. The van der Waals surface area contributed by atoms with Crippen LogP contribution in [0.5, 0.6) is 0 Å². The van der Waals surface area contributed by atoms with Crippen molar-refractivity contribution < 1.29 is 19.8 Å². The number of aliphatic carboxylic acids is 1. The fourth-order valence-electron chi connectivity index (χ4n) is 2.13. The summed E-state index contributed by atoms with van der Waals surface area (Å²) in [5.41, 5.74) is 0. The Morgan fingerprint density at radius 1 is 1.53 bits per heavy atom. The SMILES string of the molecule is CSCCC(C)N(C)C(=O)N1C[C@H](O)C[C@H]1C(=O)O. The minimum Gasteiger partial charge on any atom is -0.480 e. The minimum absolute atomic E-state index is 0.0483. The molecule has 1 rings (SSSR count). The van der Waals surface area contributed by atoms with E-state index in [0.717, 1.165) is 12.2 Å². The Morgan fingerprint density at radius 3 is 2.68 bits per heavy atom. The largest absolute Gasteiger partial charge is 0.480 e. The van der Waals surface area contributed by atoms with Crippen molar-refractivity contribution in [2.75, 3.05) is 25.6 Å². The van der Waals surface area contributed by atoms with Crippen LogP contribution in [0.4, 0.5) is 4.79 Å². The topological polar surface area (TPSA) is 81.1 Å². The van der Waals surface area contributed by atoms with E-state index < -0.39 is 18.1 Å². The van der Waals surface area contributed by atoms with E-state index in [-0.39, 0.29) is 25.0 Å². The Bertz CT molecular complexity index is 340. The van der Waals surface area contributed by atoms with Crippen LogP contribution >= 0.6 is 11.8 Å². The number of nitrogens with zero attached hydrogens (tertiary/aromatic N) is 2. The molecule has 0 aromatic carbocycles. The first kappa shape index (κ1) is 16.1. The molecule has 19 heavy (non-hydrogen) atoms. The van der Waals surface area contributed by atoms with Gasteiger partial charge in [0.15, 0.2) is 0 Å². The molecular weight excluding hydrogens is 268 g/mol. The molecule has 1 unspecified atom stereocenters. The van der Waals surface area contributed by atoms with E-state index in [1.807, 2.05) is 13.2 Å². The summed E-state index contributed by atoms with van der Waals surface area (Å²) < 4.78 is 0. The molecule has 0 aliphatic carbocycles. The molecule has 7 heteroatoms. The van der Waals surface area contributed by atoms with E-state index in [0.29, 0.717) is 0 Å². The molecule has 2 amide bonds. The highest BCUT2D eigenvalue weighted by Gasteiger charge is 2.40. The maximum absolute atomic E-state index is 12.3. The molecule has 1 aliphatic rings. The highest BCUT2D eigenvalue weighted by Crippen LogP contribution is 2.21. The maximum Gasteiger partial charge on any atom is 0.326 e. The first-order valence-corrected chi connectivity index (χ1v) is 7.71. The molecule has 1 heterocycles. The number of hydrogen-bond acceptors (Lipinski definition) is 4. The number of likely N-dealkylation sites (tertiary alicyclic amines) is 1. The second-order valence-corrected chi connectivity index (χ2v) is 5.91. The van der Waals surface area contributed by atoms with Gasteiger partial charge in [-0.15, -0.1) is 0 Å². The number of urea groups is 1. The standard InChI is InChI=1S/C12H22N2O4S/c1-8(4-5-19-3)13(2)12(18)14-7-9(15)6-10(14)11(16)17/h8-10,15H,4-7H2,1-3H3,(H,16,17)/t8?,9-,10+/m1/s1. The lowest BCUT2D eigenvalue weighted by Gasteiger charge is -2.31. The van der Waals surface area contributed by atoms with Crippen LogP contribution in [0.3, 0.4) is 0 Å². The lowest BCUT2D eigenvalue weighted by Crippen LogP contribution is -2.49. The van der Waals surface area contributed by atoms with Crippen LogP contribution < -0.4 is 0 Å². The molecule has 0 aromatic heterocycles. The highest BCUT2D eigenvalue weighted by molar-refractivity contribution is 7.98. The molecule has 0 radical (unpaired) electrons. The van der Waals surface area contributed by atoms with E-state index in [2.05, 4.69) is 0 Å². The van der Waals surface area contributed by atoms with Crippen LogP contribution in [-0.4, -0.2) is 75.8 Å². The Labute approximate surface area is 117 Å². The van der Waals surface area contributed by atoms with Crippen LogP contribution in [0, 0.1) is 0 Å². The number of thioether (sulfide) groups is 1. The second kappa shape index (κ2) is 7.00. The molecule has 0 spiro atoms. The summed E-state index contributed by atoms with van der Waals surface area (Å²) in [6, 6.07) is -1.19. The molecule has 1 aliphatic heterocycles. The average molecular weight is 290 g/mol. The van der Waals surface area contributed by atoms with Crippen LogP contribution in [0.1, 0.15) is 19.8 Å². The van der Waals surface area contributed by atoms with Crippen molar-refractivity contribution in [3.05, 3.63) is 0 Å². The molecule has 6 nitrogen and oxygen atoms in total. The van der Waals surface area contributed by atoms with Crippen molar-refractivity contribution in [3.63, 3.8) is 0 Å². The summed E-state index contributed by atoms with van der Waals surface area (Å²) in [6.07, 6.45) is 2.22. The van der Waals surface area contributed by atoms with E-state index in [9.17, 15) is 14.7 Å². The van der Waals surface area contributed by atoms with E-state index >= 15 is 0 Å². The zero-order chi connectivity index (χ0) is 14.6. The second-order valence-electron chi connectivity index (χ2n) is 4.92. The van der Waals surface area contributed by atoms with Gasteiger partial charge in [0.25, 0.3) is 0 Å². The molecule has 2 N–H and O–H groups in total. The van der Waals surface area contributed by atoms with Gasteiger partial charge in [-0.2, -0.15) is 11.8 Å². The fourth-order valence-corrected chi connectivity index (χ4v) is 2.71. The van der Waals surface area contributed by atoms with E-state index in [4.69, 9.17) is 5.11 Å². The molecule has 1 fully saturated rings. The molecule has 0 aromatic rings. The number of carboxylic acids is 1. The summed E-state index contributed by atoms with van der Waals surface area (Å²) in [5.74, 6) is -0.112. The Morgan fingerprint density at radius 2 is 2.16 bits per heavy atom. The Kier molecular flexibility index (Phi) is 5.93. The number of aliphatic hydroxyl groups excluding tert-OH is 1. The van der Waals surface area contributed by atoms with Crippen molar-refractivity contribution >= 4 is 23.8 Å². The lowest BCUT2D eigenvalue weighted by atomic mass is 10.2. The van der Waals surface area contributed by atoms with Crippen LogP contribution in [0.25, 0.3) is 0 Å². The zero-order valence-corrected chi connectivity index (χ0v) is 12.4. The van der Waals surface area contributed by atoms with Gasteiger partial charge >= 0.3 is 12.0 Å². The number of hydrogen-bond donors (Lipinski definition) is 2. The molecule has 3 atom stereocenters. The fraction of sp³-hybridized carbons (Fsp3) is 0.833. The number of aliphatic hydroxyl groups is 1. The molecular formula is C12H22N2O4S. The van der Waals surface area contributed by atoms with Crippen LogP contribution in [0.2, 0.25) is 0 Å². The molecule has 1 saturated heterocycles.